The zero-order valence-corrected chi connectivity index (χ0v) is 20.6. The first kappa shape index (κ1) is 25.1. The molecule has 3 heterocycles. The number of aromatic nitrogens is 3. The summed E-state index contributed by atoms with van der Waals surface area (Å²) in [4.78, 5) is 15.6. The second kappa shape index (κ2) is 10.1. The number of benzene rings is 1. The van der Waals surface area contributed by atoms with Gasteiger partial charge in [0.1, 0.15) is 23.5 Å². The number of halogens is 3. The van der Waals surface area contributed by atoms with Gasteiger partial charge in [-0.05, 0) is 51.4 Å². The number of thiazole rings is 1. The van der Waals surface area contributed by atoms with Gasteiger partial charge >= 0.3 is 6.18 Å². The smallest absolute Gasteiger partial charge is 0.390 e. The Kier molecular flexibility index (Phi) is 7.03. The number of aliphatic hydroxyl groups excluding tert-OH is 2. The van der Waals surface area contributed by atoms with Gasteiger partial charge in [-0.3, -0.25) is 0 Å². The summed E-state index contributed by atoms with van der Waals surface area (Å²) in [5.74, 6) is -0.00426. The minimum absolute atomic E-state index is 0.118. The van der Waals surface area contributed by atoms with Crippen molar-refractivity contribution in [1.29, 1.82) is 0 Å². The zero-order chi connectivity index (χ0) is 25.4. The lowest BCUT2D eigenvalue weighted by molar-refractivity contribution is -0.115. The molecule has 0 radical (unpaired) electrons. The lowest BCUT2D eigenvalue weighted by Crippen LogP contribution is -2.37. The molecule has 36 heavy (non-hydrogen) atoms. The van der Waals surface area contributed by atoms with E-state index in [1.165, 1.54) is 11.3 Å². The second-order valence-corrected chi connectivity index (χ2v) is 10.6. The van der Waals surface area contributed by atoms with E-state index in [9.17, 15) is 23.4 Å². The molecule has 0 amide bonds. The normalized spacial score (nSPS) is 25.1. The Morgan fingerprint density at radius 3 is 2.56 bits per heavy atom. The Labute approximate surface area is 210 Å². The van der Waals surface area contributed by atoms with Crippen molar-refractivity contribution in [2.45, 2.75) is 50.6 Å². The molecule has 4 unspecified atom stereocenters. The van der Waals surface area contributed by atoms with Crippen LogP contribution in [0.4, 0.5) is 24.9 Å². The number of anilines is 2. The molecule has 8 nitrogen and oxygen atoms in total. The molecule has 2 fully saturated rings. The van der Waals surface area contributed by atoms with E-state index in [-0.39, 0.29) is 17.7 Å². The monoisotopic (exact) mass is 522 g/mol. The minimum Gasteiger partial charge on any atom is -0.390 e. The Morgan fingerprint density at radius 1 is 1.08 bits per heavy atom. The van der Waals surface area contributed by atoms with Gasteiger partial charge in [0.15, 0.2) is 0 Å². The van der Waals surface area contributed by atoms with Crippen molar-refractivity contribution in [1.82, 2.24) is 19.9 Å². The van der Waals surface area contributed by atoms with Crippen LogP contribution < -0.4 is 10.6 Å². The van der Waals surface area contributed by atoms with Gasteiger partial charge in [0, 0.05) is 12.5 Å². The first-order valence-corrected chi connectivity index (χ1v) is 12.9. The molecule has 2 aliphatic rings. The molecule has 3 aromatic rings. The number of nitrogens with zero attached hydrogens (tertiary/aromatic N) is 4. The average molecular weight is 523 g/mol. The van der Waals surface area contributed by atoms with Crippen LogP contribution in [0.5, 0.6) is 0 Å². The molecule has 2 aromatic heterocycles. The van der Waals surface area contributed by atoms with Crippen LogP contribution >= 0.6 is 11.3 Å². The SMILES string of the molecule is Cc1nc(NCC(F)(F)F)nc(NC2CC(CN3CCCC3)C(O)C2O)c1-c1nc2ccccc2s1. The van der Waals surface area contributed by atoms with Crippen molar-refractivity contribution in [3.05, 3.63) is 30.0 Å². The van der Waals surface area contributed by atoms with Gasteiger partial charge in [0.05, 0.1) is 33.6 Å². The number of hydrogen-bond acceptors (Lipinski definition) is 9. The minimum atomic E-state index is -4.43. The molecular formula is C24H29F3N6O2S. The fourth-order valence-electron chi connectivity index (χ4n) is 5.09. The van der Waals surface area contributed by atoms with Gasteiger partial charge in [-0.1, -0.05) is 12.1 Å². The lowest BCUT2D eigenvalue weighted by atomic mass is 10.1. The van der Waals surface area contributed by atoms with Gasteiger partial charge in [0.25, 0.3) is 0 Å². The fourth-order valence-corrected chi connectivity index (χ4v) is 6.16. The highest BCUT2D eigenvalue weighted by Crippen LogP contribution is 2.38. The summed E-state index contributed by atoms with van der Waals surface area (Å²) in [7, 11) is 0. The lowest BCUT2D eigenvalue weighted by Gasteiger charge is -2.22. The molecular weight excluding hydrogens is 493 g/mol. The Hall–Kier alpha value is -2.54. The van der Waals surface area contributed by atoms with Crippen molar-refractivity contribution in [2.75, 3.05) is 36.8 Å². The maximum Gasteiger partial charge on any atom is 0.405 e. The number of likely N-dealkylation sites (tertiary alicyclic amines) is 1. The standard InChI is InChI=1S/C24H29F3N6O2S/c1-13-18(22-31-15-6-2-3-7-17(15)36-22)21(32-23(29-13)28-12-24(25,26)27)30-16-10-14(19(34)20(16)35)11-33-8-4-5-9-33/h2-3,6-7,14,16,19-20,34-35H,4-5,8-12H2,1H3,(H2,28,29,30,32). The maximum absolute atomic E-state index is 12.8. The quantitative estimate of drug-likeness (QED) is 0.373. The summed E-state index contributed by atoms with van der Waals surface area (Å²) in [6.07, 6.45) is -3.60. The highest BCUT2D eigenvalue weighted by atomic mass is 32.1. The van der Waals surface area contributed by atoms with E-state index in [1.807, 2.05) is 24.3 Å². The predicted octanol–water partition coefficient (Wildman–Crippen LogP) is 3.65. The summed E-state index contributed by atoms with van der Waals surface area (Å²) in [5.41, 5.74) is 1.82. The van der Waals surface area contributed by atoms with Gasteiger partial charge in [-0.15, -0.1) is 11.3 Å². The van der Waals surface area contributed by atoms with Crippen LogP contribution in [-0.4, -0.2) is 80.7 Å². The summed E-state index contributed by atoms with van der Waals surface area (Å²) in [6, 6.07) is 7.10. The van der Waals surface area contributed by atoms with Crippen LogP contribution in [-0.2, 0) is 0 Å². The molecule has 4 atom stereocenters. The van der Waals surface area contributed by atoms with Crippen molar-refractivity contribution in [2.24, 2.45) is 5.92 Å². The molecule has 1 saturated heterocycles. The number of aryl methyl sites for hydroxylation is 1. The number of fused-ring (bicyclic) bond motifs is 1. The molecule has 12 heteroatoms. The van der Waals surface area contributed by atoms with Crippen LogP contribution in [0.1, 0.15) is 25.0 Å². The number of nitrogens with one attached hydrogen (secondary N) is 2. The summed E-state index contributed by atoms with van der Waals surface area (Å²) in [6.45, 7) is 3.09. The molecule has 0 bridgehead atoms. The van der Waals surface area contributed by atoms with Gasteiger partial charge in [-0.25, -0.2) is 9.97 Å². The fraction of sp³-hybridized carbons (Fsp3) is 0.542. The van der Waals surface area contributed by atoms with Crippen molar-refractivity contribution in [3.63, 3.8) is 0 Å². The van der Waals surface area contributed by atoms with Crippen LogP contribution in [0.2, 0.25) is 0 Å². The third-order valence-corrected chi connectivity index (χ3v) is 7.91. The van der Waals surface area contributed by atoms with E-state index in [4.69, 9.17) is 4.98 Å². The highest BCUT2D eigenvalue weighted by Gasteiger charge is 2.43. The van der Waals surface area contributed by atoms with E-state index < -0.39 is 31.0 Å². The van der Waals surface area contributed by atoms with E-state index in [1.54, 1.807) is 6.92 Å². The largest absolute Gasteiger partial charge is 0.405 e. The number of aliphatic hydroxyl groups is 2. The third-order valence-electron chi connectivity index (χ3n) is 6.86. The van der Waals surface area contributed by atoms with Crippen LogP contribution in [0.15, 0.2) is 24.3 Å². The van der Waals surface area contributed by atoms with Crippen molar-refractivity contribution in [3.8, 4) is 10.6 Å². The Bertz CT molecular complexity index is 1180. The molecule has 1 aliphatic heterocycles. The number of hydrogen-bond donors (Lipinski definition) is 4. The van der Waals surface area contributed by atoms with Gasteiger partial charge in [0.2, 0.25) is 5.95 Å². The Morgan fingerprint density at radius 2 is 1.83 bits per heavy atom. The van der Waals surface area contributed by atoms with Gasteiger partial charge < -0.3 is 25.7 Å². The third kappa shape index (κ3) is 5.41. The summed E-state index contributed by atoms with van der Waals surface area (Å²) >= 11 is 1.43. The molecule has 1 aromatic carbocycles. The number of alkyl halides is 3. The van der Waals surface area contributed by atoms with Gasteiger partial charge in [-0.2, -0.15) is 18.2 Å². The topological polar surface area (TPSA) is 106 Å². The van der Waals surface area contributed by atoms with E-state index in [0.29, 0.717) is 29.2 Å². The van der Waals surface area contributed by atoms with E-state index in [0.717, 1.165) is 36.1 Å². The summed E-state index contributed by atoms with van der Waals surface area (Å²) < 4.78 is 39.4. The van der Waals surface area contributed by atoms with Crippen LogP contribution in [0.25, 0.3) is 20.8 Å². The highest BCUT2D eigenvalue weighted by molar-refractivity contribution is 7.21. The molecule has 4 N–H and O–H groups in total. The molecule has 0 spiro atoms. The number of para-hydroxylation sites is 1. The van der Waals surface area contributed by atoms with E-state index >= 15 is 0 Å². The summed E-state index contributed by atoms with van der Waals surface area (Å²) in [5, 5.41) is 27.7. The second-order valence-electron chi connectivity index (χ2n) is 9.55. The van der Waals surface area contributed by atoms with Crippen molar-refractivity contribution >= 4 is 33.3 Å². The molecule has 1 aliphatic carbocycles. The number of rotatable bonds is 7. The molecule has 1 saturated carbocycles. The maximum atomic E-state index is 12.8. The molecule has 5 rings (SSSR count). The zero-order valence-electron chi connectivity index (χ0n) is 19.8. The average Bonchev–Trinajstić information content (AvgIpc) is 3.54. The van der Waals surface area contributed by atoms with Crippen LogP contribution in [0, 0.1) is 12.8 Å². The van der Waals surface area contributed by atoms with Crippen molar-refractivity contribution < 1.29 is 23.4 Å². The Balaban J connectivity index is 1.46. The molecule has 194 valence electrons. The first-order chi connectivity index (χ1) is 17.2. The van der Waals surface area contributed by atoms with E-state index in [2.05, 4.69) is 25.5 Å². The predicted molar refractivity (Wildman–Crippen MR) is 133 cm³/mol. The van der Waals surface area contributed by atoms with Crippen LogP contribution in [0.3, 0.4) is 0 Å². The first-order valence-electron chi connectivity index (χ1n) is 12.1.